The molecule has 0 bridgehead atoms. The maximum absolute atomic E-state index is 11.8. The number of ether oxygens (including phenoxy) is 1. The van der Waals surface area contributed by atoms with Crippen LogP contribution in [0.4, 0.5) is 4.79 Å². The van der Waals surface area contributed by atoms with E-state index < -0.39 is 17.7 Å². The number of rotatable bonds is 4. The van der Waals surface area contributed by atoms with Crippen molar-refractivity contribution < 1.29 is 14.3 Å². The predicted molar refractivity (Wildman–Crippen MR) is 81.9 cm³/mol. The molecule has 1 rings (SSSR count). The van der Waals surface area contributed by atoms with Crippen molar-refractivity contribution in [3.05, 3.63) is 33.3 Å². The van der Waals surface area contributed by atoms with E-state index in [9.17, 15) is 9.59 Å². The van der Waals surface area contributed by atoms with Crippen LogP contribution in [0.25, 0.3) is 0 Å². The van der Waals surface area contributed by atoms with Crippen molar-refractivity contribution in [2.45, 2.75) is 38.8 Å². The van der Waals surface area contributed by atoms with Gasteiger partial charge in [0.25, 0.3) is 0 Å². The fourth-order valence-corrected chi connectivity index (χ4v) is 1.99. The average Bonchev–Trinajstić information content (AvgIpc) is 2.30. The highest BCUT2D eigenvalue weighted by molar-refractivity contribution is 9.10. The van der Waals surface area contributed by atoms with E-state index in [4.69, 9.17) is 16.3 Å². The van der Waals surface area contributed by atoms with Gasteiger partial charge in [0.15, 0.2) is 0 Å². The van der Waals surface area contributed by atoms with E-state index in [0.29, 0.717) is 5.02 Å². The third-order valence-corrected chi connectivity index (χ3v) is 3.60. The summed E-state index contributed by atoms with van der Waals surface area (Å²) < 4.78 is 5.94. The Morgan fingerprint density at radius 3 is 2.65 bits per heavy atom. The zero-order chi connectivity index (χ0) is 15.3. The molecule has 0 aromatic heterocycles. The van der Waals surface area contributed by atoms with E-state index in [1.165, 1.54) is 0 Å². The van der Waals surface area contributed by atoms with Crippen LogP contribution in [0.3, 0.4) is 0 Å². The summed E-state index contributed by atoms with van der Waals surface area (Å²) in [5.41, 5.74) is 0.156. The van der Waals surface area contributed by atoms with Gasteiger partial charge in [0.2, 0.25) is 0 Å². The van der Waals surface area contributed by atoms with Crippen LogP contribution in [-0.2, 0) is 9.53 Å². The molecule has 1 N–H and O–H groups in total. The highest BCUT2D eigenvalue weighted by atomic mass is 79.9. The lowest BCUT2D eigenvalue weighted by Gasteiger charge is -2.23. The second-order valence-electron chi connectivity index (χ2n) is 5.27. The molecule has 0 heterocycles. The van der Waals surface area contributed by atoms with Crippen LogP contribution in [0.5, 0.6) is 0 Å². The largest absolute Gasteiger partial charge is 0.444 e. The second-order valence-corrected chi connectivity index (χ2v) is 6.54. The first kappa shape index (κ1) is 17.0. The monoisotopic (exact) mass is 361 g/mol. The Morgan fingerprint density at radius 1 is 1.50 bits per heavy atom. The van der Waals surface area contributed by atoms with Crippen LogP contribution in [0.2, 0.25) is 5.02 Å². The molecule has 110 valence electrons. The van der Waals surface area contributed by atoms with Gasteiger partial charge in [0.05, 0.1) is 11.1 Å². The highest BCUT2D eigenvalue weighted by Crippen LogP contribution is 2.27. The van der Waals surface area contributed by atoms with Crippen molar-refractivity contribution in [2.24, 2.45) is 0 Å². The molecule has 6 heteroatoms. The molecule has 0 fully saturated rings. The average molecular weight is 363 g/mol. The van der Waals surface area contributed by atoms with Gasteiger partial charge < -0.3 is 14.8 Å². The lowest BCUT2D eigenvalue weighted by atomic mass is 10.0. The van der Waals surface area contributed by atoms with Crippen molar-refractivity contribution in [2.75, 3.05) is 0 Å². The molecule has 0 saturated carbocycles. The summed E-state index contributed by atoms with van der Waals surface area (Å²) >= 11 is 9.32. The van der Waals surface area contributed by atoms with Gasteiger partial charge in [0.1, 0.15) is 11.9 Å². The molecule has 1 aromatic rings. The summed E-state index contributed by atoms with van der Waals surface area (Å²) in [7, 11) is 0. The number of aldehydes is 1. The first-order valence-corrected chi connectivity index (χ1v) is 7.28. The SMILES string of the molecule is CC(C)(C)OC(=O)N[C@H](CC=O)c1ccc(Br)c(Cl)c1. The van der Waals surface area contributed by atoms with Crippen LogP contribution in [0.15, 0.2) is 22.7 Å². The summed E-state index contributed by atoms with van der Waals surface area (Å²) in [4.78, 5) is 22.6. The number of carbonyl (C=O) groups excluding carboxylic acids is 2. The van der Waals surface area contributed by atoms with Crippen LogP contribution in [0.1, 0.15) is 38.8 Å². The summed E-state index contributed by atoms with van der Waals surface area (Å²) in [6, 6.07) is 4.80. The zero-order valence-corrected chi connectivity index (χ0v) is 13.9. The van der Waals surface area contributed by atoms with Crippen LogP contribution >= 0.6 is 27.5 Å². The standard InChI is InChI=1S/C14H17BrClNO3/c1-14(2,3)20-13(19)17-12(6-7-18)9-4-5-10(15)11(16)8-9/h4-5,7-8,12H,6H2,1-3H3,(H,17,19)/t12-/m1/s1. The molecule has 0 saturated heterocycles. The van der Waals surface area contributed by atoms with E-state index in [-0.39, 0.29) is 6.42 Å². The molecule has 0 aliphatic rings. The highest BCUT2D eigenvalue weighted by Gasteiger charge is 2.20. The number of hydrogen-bond acceptors (Lipinski definition) is 3. The topological polar surface area (TPSA) is 55.4 Å². The van der Waals surface area contributed by atoms with Crippen molar-refractivity contribution in [3.63, 3.8) is 0 Å². The number of nitrogens with one attached hydrogen (secondary N) is 1. The molecular weight excluding hydrogens is 346 g/mol. The summed E-state index contributed by atoms with van der Waals surface area (Å²) in [6.07, 6.45) is 0.332. The molecule has 0 aliphatic heterocycles. The van der Waals surface area contributed by atoms with Gasteiger partial charge in [0, 0.05) is 10.9 Å². The Morgan fingerprint density at radius 2 is 2.15 bits per heavy atom. The Hall–Kier alpha value is -1.07. The van der Waals surface area contributed by atoms with Crippen molar-refractivity contribution in [3.8, 4) is 0 Å². The Kier molecular flexibility index (Phi) is 6.02. The number of benzene rings is 1. The number of amides is 1. The van der Waals surface area contributed by atoms with E-state index in [1.54, 1.807) is 39.0 Å². The van der Waals surface area contributed by atoms with Crippen molar-refractivity contribution >= 4 is 39.9 Å². The first-order valence-electron chi connectivity index (χ1n) is 6.11. The molecule has 0 unspecified atom stereocenters. The molecule has 0 radical (unpaired) electrons. The lowest BCUT2D eigenvalue weighted by Crippen LogP contribution is -2.35. The van der Waals surface area contributed by atoms with Gasteiger partial charge in [-0.1, -0.05) is 17.7 Å². The zero-order valence-electron chi connectivity index (χ0n) is 11.6. The number of alkyl carbamates (subject to hydrolysis) is 1. The molecule has 1 aromatic carbocycles. The van der Waals surface area contributed by atoms with Crippen molar-refractivity contribution in [1.29, 1.82) is 0 Å². The first-order chi connectivity index (χ1) is 9.23. The quantitative estimate of drug-likeness (QED) is 0.814. The Labute approximate surface area is 132 Å². The van der Waals surface area contributed by atoms with Gasteiger partial charge in [-0.15, -0.1) is 0 Å². The third-order valence-electron chi connectivity index (χ3n) is 2.37. The number of halogens is 2. The fraction of sp³-hybridized carbons (Fsp3) is 0.429. The Balaban J connectivity index is 2.85. The van der Waals surface area contributed by atoms with Gasteiger partial charge in [-0.2, -0.15) is 0 Å². The third kappa shape index (κ3) is 5.51. The number of carbonyl (C=O) groups is 2. The van der Waals surface area contributed by atoms with Gasteiger partial charge >= 0.3 is 6.09 Å². The van der Waals surface area contributed by atoms with E-state index in [2.05, 4.69) is 21.2 Å². The molecule has 1 atom stereocenters. The van der Waals surface area contributed by atoms with Gasteiger partial charge in [-0.05, 0) is 54.4 Å². The minimum atomic E-state index is -0.590. The minimum Gasteiger partial charge on any atom is -0.444 e. The van der Waals surface area contributed by atoms with Gasteiger partial charge in [-0.25, -0.2) is 4.79 Å². The molecule has 0 spiro atoms. The maximum atomic E-state index is 11.8. The van der Waals surface area contributed by atoms with Crippen LogP contribution in [0, 0.1) is 0 Å². The minimum absolute atomic E-state index is 0.150. The van der Waals surface area contributed by atoms with Crippen molar-refractivity contribution in [1.82, 2.24) is 5.32 Å². The smallest absolute Gasteiger partial charge is 0.408 e. The van der Waals surface area contributed by atoms with E-state index >= 15 is 0 Å². The summed E-state index contributed by atoms with van der Waals surface area (Å²) in [6.45, 7) is 5.33. The summed E-state index contributed by atoms with van der Waals surface area (Å²) in [5, 5.41) is 3.19. The molecule has 1 amide bonds. The molecule has 4 nitrogen and oxygen atoms in total. The predicted octanol–water partition coefficient (Wildman–Crippen LogP) is 4.26. The van der Waals surface area contributed by atoms with Gasteiger partial charge in [-0.3, -0.25) is 0 Å². The van der Waals surface area contributed by atoms with E-state index in [0.717, 1.165) is 16.3 Å². The van der Waals surface area contributed by atoms with Crippen LogP contribution < -0.4 is 5.32 Å². The van der Waals surface area contributed by atoms with E-state index in [1.807, 2.05) is 0 Å². The maximum Gasteiger partial charge on any atom is 0.408 e. The second kappa shape index (κ2) is 7.09. The summed E-state index contributed by atoms with van der Waals surface area (Å²) in [5.74, 6) is 0. The molecular formula is C14H17BrClNO3. The fourth-order valence-electron chi connectivity index (χ4n) is 1.55. The normalized spacial score (nSPS) is 12.7. The molecule has 0 aliphatic carbocycles. The Bertz CT molecular complexity index is 500. The number of hydrogen-bond donors (Lipinski definition) is 1. The molecule has 20 heavy (non-hydrogen) atoms. The lowest BCUT2D eigenvalue weighted by molar-refractivity contribution is -0.108. The van der Waals surface area contributed by atoms with Crippen LogP contribution in [-0.4, -0.2) is 18.0 Å².